The highest BCUT2D eigenvalue weighted by molar-refractivity contribution is 6.39. The summed E-state index contributed by atoms with van der Waals surface area (Å²) in [5.41, 5.74) is 1.18. The molecular weight excluding hydrogens is 361 g/mol. The minimum absolute atomic E-state index is 0.229. The monoisotopic (exact) mass is 370 g/mol. The lowest BCUT2D eigenvalue weighted by atomic mass is 10.2. The molecule has 0 spiro atoms. The third-order valence-corrected chi connectivity index (χ3v) is 3.13. The van der Waals surface area contributed by atoms with Crippen LogP contribution in [0.1, 0.15) is 11.1 Å². The Bertz CT molecular complexity index is 810. The lowest BCUT2D eigenvalue weighted by Gasteiger charge is -2.11. The SMILES string of the molecule is O=C(N/N=C\c1cccnc1)C(=O)Nc1ccc(Cl)c(C(F)(F)F)c1. The quantitative estimate of drug-likeness (QED) is 0.495. The number of nitrogens with zero attached hydrogens (tertiary/aromatic N) is 2. The molecule has 1 aromatic heterocycles. The van der Waals surface area contributed by atoms with E-state index in [9.17, 15) is 22.8 Å². The van der Waals surface area contributed by atoms with E-state index >= 15 is 0 Å². The molecule has 2 rings (SSSR count). The number of carbonyl (C=O) groups excluding carboxylic acids is 2. The molecule has 0 unspecified atom stereocenters. The molecule has 0 aliphatic carbocycles. The van der Waals surface area contributed by atoms with Crippen molar-refractivity contribution in [2.75, 3.05) is 5.32 Å². The molecule has 25 heavy (non-hydrogen) atoms. The zero-order valence-electron chi connectivity index (χ0n) is 12.3. The van der Waals surface area contributed by atoms with E-state index in [1.54, 1.807) is 18.3 Å². The Labute approximate surface area is 144 Å². The van der Waals surface area contributed by atoms with Gasteiger partial charge >= 0.3 is 18.0 Å². The maximum atomic E-state index is 12.8. The number of amides is 2. The van der Waals surface area contributed by atoms with Crippen LogP contribution in [0, 0.1) is 0 Å². The first-order chi connectivity index (χ1) is 11.8. The van der Waals surface area contributed by atoms with Gasteiger partial charge in [-0.3, -0.25) is 14.6 Å². The minimum atomic E-state index is -4.69. The number of carbonyl (C=O) groups is 2. The Kier molecular flexibility index (Phi) is 5.71. The summed E-state index contributed by atoms with van der Waals surface area (Å²) in [5.74, 6) is -2.33. The number of pyridine rings is 1. The molecule has 2 N–H and O–H groups in total. The van der Waals surface area contributed by atoms with Gasteiger partial charge in [-0.15, -0.1) is 0 Å². The number of aromatic nitrogens is 1. The molecule has 0 atom stereocenters. The second-order valence-corrected chi connectivity index (χ2v) is 5.04. The third kappa shape index (κ3) is 5.28. The van der Waals surface area contributed by atoms with E-state index in [0.29, 0.717) is 11.6 Å². The van der Waals surface area contributed by atoms with E-state index in [4.69, 9.17) is 11.6 Å². The van der Waals surface area contributed by atoms with Gasteiger partial charge in [0.05, 0.1) is 16.8 Å². The Morgan fingerprint density at radius 2 is 1.96 bits per heavy atom. The summed E-state index contributed by atoms with van der Waals surface area (Å²) in [5, 5.41) is 5.07. The van der Waals surface area contributed by atoms with Crippen LogP contribution in [-0.4, -0.2) is 23.0 Å². The number of hydrazone groups is 1. The fraction of sp³-hybridized carbons (Fsp3) is 0.0667. The van der Waals surface area contributed by atoms with Crippen LogP contribution in [0.25, 0.3) is 0 Å². The zero-order chi connectivity index (χ0) is 18.4. The topological polar surface area (TPSA) is 83.5 Å². The Hall–Kier alpha value is -2.94. The van der Waals surface area contributed by atoms with Crippen LogP contribution in [0.4, 0.5) is 18.9 Å². The average molecular weight is 371 g/mol. The third-order valence-electron chi connectivity index (χ3n) is 2.80. The van der Waals surface area contributed by atoms with Gasteiger partial charge in [-0.05, 0) is 24.3 Å². The molecule has 1 aromatic carbocycles. The van der Waals surface area contributed by atoms with Gasteiger partial charge in [0.15, 0.2) is 0 Å². The van der Waals surface area contributed by atoms with Crippen LogP contribution < -0.4 is 10.7 Å². The smallest absolute Gasteiger partial charge is 0.318 e. The number of anilines is 1. The Morgan fingerprint density at radius 3 is 2.60 bits per heavy atom. The first kappa shape index (κ1) is 18.4. The van der Waals surface area contributed by atoms with Gasteiger partial charge in [0.25, 0.3) is 0 Å². The van der Waals surface area contributed by atoms with Crippen molar-refractivity contribution < 1.29 is 22.8 Å². The van der Waals surface area contributed by atoms with E-state index in [-0.39, 0.29) is 5.69 Å². The summed E-state index contributed by atoms with van der Waals surface area (Å²) in [6.45, 7) is 0. The van der Waals surface area contributed by atoms with Crippen LogP contribution in [0.15, 0.2) is 47.8 Å². The fourth-order valence-electron chi connectivity index (χ4n) is 1.68. The normalized spacial score (nSPS) is 11.4. The number of rotatable bonds is 3. The second kappa shape index (κ2) is 7.75. The van der Waals surface area contributed by atoms with Crippen molar-refractivity contribution in [3.05, 3.63) is 58.9 Å². The van der Waals surface area contributed by atoms with Crippen LogP contribution in [-0.2, 0) is 15.8 Å². The van der Waals surface area contributed by atoms with Gasteiger partial charge < -0.3 is 5.32 Å². The molecule has 2 amide bonds. The maximum Gasteiger partial charge on any atom is 0.417 e. The molecule has 0 aliphatic rings. The number of halogens is 4. The first-order valence-corrected chi connectivity index (χ1v) is 7.06. The van der Waals surface area contributed by atoms with E-state index in [0.717, 1.165) is 12.1 Å². The first-order valence-electron chi connectivity index (χ1n) is 6.68. The summed E-state index contributed by atoms with van der Waals surface area (Å²) < 4.78 is 38.3. The van der Waals surface area contributed by atoms with Crippen LogP contribution in [0.5, 0.6) is 0 Å². The standard InChI is InChI=1S/C15H10ClF3N4O2/c16-12-4-3-10(6-11(12)15(17,18)19)22-13(24)14(25)23-21-8-9-2-1-5-20-7-9/h1-8H,(H,22,24)(H,23,25)/b21-8-. The van der Waals surface area contributed by atoms with Crippen molar-refractivity contribution in [3.8, 4) is 0 Å². The number of hydrogen-bond donors (Lipinski definition) is 2. The van der Waals surface area contributed by atoms with E-state index < -0.39 is 28.6 Å². The van der Waals surface area contributed by atoms with E-state index in [1.807, 2.05) is 10.7 Å². The molecule has 0 aliphatic heterocycles. The van der Waals surface area contributed by atoms with Crippen molar-refractivity contribution in [2.24, 2.45) is 5.10 Å². The van der Waals surface area contributed by atoms with Gasteiger partial charge in [-0.25, -0.2) is 5.43 Å². The van der Waals surface area contributed by atoms with Gasteiger partial charge in [0.2, 0.25) is 0 Å². The summed E-state index contributed by atoms with van der Waals surface area (Å²) in [6.07, 6.45) is -0.414. The van der Waals surface area contributed by atoms with E-state index in [2.05, 4.69) is 10.1 Å². The van der Waals surface area contributed by atoms with E-state index in [1.165, 1.54) is 12.4 Å². The fourth-order valence-corrected chi connectivity index (χ4v) is 1.90. The van der Waals surface area contributed by atoms with Gasteiger partial charge in [-0.1, -0.05) is 17.7 Å². The van der Waals surface area contributed by atoms with Crippen molar-refractivity contribution in [3.63, 3.8) is 0 Å². The number of alkyl halides is 3. The molecule has 0 bridgehead atoms. The lowest BCUT2D eigenvalue weighted by molar-refractivity contribution is -0.137. The summed E-state index contributed by atoms with van der Waals surface area (Å²) in [7, 11) is 0. The van der Waals surface area contributed by atoms with Crippen LogP contribution >= 0.6 is 11.6 Å². The molecule has 10 heteroatoms. The minimum Gasteiger partial charge on any atom is -0.318 e. The molecule has 0 saturated carbocycles. The van der Waals surface area contributed by atoms with Crippen molar-refractivity contribution in [1.82, 2.24) is 10.4 Å². The largest absolute Gasteiger partial charge is 0.417 e. The van der Waals surface area contributed by atoms with Crippen molar-refractivity contribution in [2.45, 2.75) is 6.18 Å². The predicted octanol–water partition coefficient (Wildman–Crippen LogP) is 2.84. The Balaban J connectivity index is 1.99. The highest BCUT2D eigenvalue weighted by Crippen LogP contribution is 2.36. The molecule has 2 aromatic rings. The second-order valence-electron chi connectivity index (χ2n) is 4.63. The van der Waals surface area contributed by atoms with Gasteiger partial charge in [0, 0.05) is 23.6 Å². The molecule has 0 saturated heterocycles. The van der Waals surface area contributed by atoms with Gasteiger partial charge in [-0.2, -0.15) is 18.3 Å². The molecule has 130 valence electrons. The lowest BCUT2D eigenvalue weighted by Crippen LogP contribution is -2.32. The number of benzene rings is 1. The molecular formula is C15H10ClF3N4O2. The maximum absolute atomic E-state index is 12.8. The molecule has 0 radical (unpaired) electrons. The molecule has 6 nitrogen and oxygen atoms in total. The number of hydrogen-bond acceptors (Lipinski definition) is 4. The predicted molar refractivity (Wildman–Crippen MR) is 85.1 cm³/mol. The highest BCUT2D eigenvalue weighted by atomic mass is 35.5. The van der Waals surface area contributed by atoms with Crippen molar-refractivity contribution in [1.29, 1.82) is 0 Å². The summed E-state index contributed by atoms with van der Waals surface area (Å²) in [4.78, 5) is 27.1. The highest BCUT2D eigenvalue weighted by Gasteiger charge is 2.33. The van der Waals surface area contributed by atoms with Gasteiger partial charge in [0.1, 0.15) is 0 Å². The summed E-state index contributed by atoms with van der Waals surface area (Å²) in [6, 6.07) is 6.05. The summed E-state index contributed by atoms with van der Waals surface area (Å²) >= 11 is 5.47. The zero-order valence-corrected chi connectivity index (χ0v) is 13.1. The Morgan fingerprint density at radius 1 is 1.20 bits per heavy atom. The molecule has 1 heterocycles. The van der Waals surface area contributed by atoms with Crippen LogP contribution in [0.2, 0.25) is 5.02 Å². The number of nitrogens with one attached hydrogen (secondary N) is 2. The van der Waals surface area contributed by atoms with Crippen LogP contribution in [0.3, 0.4) is 0 Å². The molecule has 0 fully saturated rings. The van der Waals surface area contributed by atoms with Crippen molar-refractivity contribution >= 4 is 35.3 Å². The average Bonchev–Trinajstić information content (AvgIpc) is 2.56.